The quantitative estimate of drug-likeness (QED) is 0.855. The molecule has 0 N–H and O–H groups in total. The lowest BCUT2D eigenvalue weighted by molar-refractivity contribution is 0.0373. The molecule has 0 amide bonds. The summed E-state index contributed by atoms with van der Waals surface area (Å²) in [5.41, 5.74) is 1.40. The standard InChI is InChI=1S/C19H27N3/c1-3-20-4-2-14(1)13-21-5-7-22(8-6-21)19-17-10-15-9-16(12-17)18(19)11-15/h1-4,15-19H,5-13H2. The Kier molecular flexibility index (Phi) is 3.26. The number of nitrogens with zero attached hydrogens (tertiary/aromatic N) is 3. The van der Waals surface area contributed by atoms with E-state index < -0.39 is 0 Å². The van der Waals surface area contributed by atoms with Crippen molar-refractivity contribution in [3.05, 3.63) is 30.1 Å². The summed E-state index contributed by atoms with van der Waals surface area (Å²) in [6.07, 6.45) is 10.1. The van der Waals surface area contributed by atoms with Gasteiger partial charge in [0.25, 0.3) is 0 Å². The predicted molar refractivity (Wildman–Crippen MR) is 87.3 cm³/mol. The highest BCUT2D eigenvalue weighted by molar-refractivity contribution is 5.10. The van der Waals surface area contributed by atoms with Gasteiger partial charge < -0.3 is 0 Å². The van der Waals surface area contributed by atoms with Crippen molar-refractivity contribution in [2.24, 2.45) is 23.7 Å². The fraction of sp³-hybridized carbons (Fsp3) is 0.737. The summed E-state index contributed by atoms with van der Waals surface area (Å²) in [5, 5.41) is 0. The van der Waals surface area contributed by atoms with Gasteiger partial charge in [-0.2, -0.15) is 0 Å². The van der Waals surface area contributed by atoms with E-state index in [2.05, 4.69) is 26.9 Å². The van der Waals surface area contributed by atoms with E-state index in [0.717, 1.165) is 36.3 Å². The SMILES string of the molecule is c1cc(CN2CCN(C3C4CC5CC(C4)C3C5)CC2)ccn1. The summed E-state index contributed by atoms with van der Waals surface area (Å²) in [7, 11) is 0. The van der Waals surface area contributed by atoms with Gasteiger partial charge in [0, 0.05) is 51.2 Å². The minimum Gasteiger partial charge on any atom is -0.297 e. The Balaban J connectivity index is 1.20. The van der Waals surface area contributed by atoms with E-state index in [9.17, 15) is 0 Å². The summed E-state index contributed by atoms with van der Waals surface area (Å²) >= 11 is 0. The molecule has 4 saturated carbocycles. The Bertz CT molecular complexity index is 519. The fourth-order valence-electron chi connectivity index (χ4n) is 6.23. The van der Waals surface area contributed by atoms with Crippen LogP contribution in [0, 0.1) is 23.7 Å². The highest BCUT2D eigenvalue weighted by Gasteiger charge is 2.55. The fourth-order valence-corrected chi connectivity index (χ4v) is 6.23. The van der Waals surface area contributed by atoms with Crippen molar-refractivity contribution in [2.45, 2.75) is 38.3 Å². The van der Waals surface area contributed by atoms with Crippen LogP contribution in [0.3, 0.4) is 0 Å². The van der Waals surface area contributed by atoms with E-state index in [0.29, 0.717) is 0 Å². The average Bonchev–Trinajstić information content (AvgIpc) is 2.97. The summed E-state index contributed by atoms with van der Waals surface area (Å²) in [5.74, 6) is 4.33. The molecule has 0 aromatic carbocycles. The van der Waals surface area contributed by atoms with Crippen LogP contribution >= 0.6 is 0 Å². The summed E-state index contributed by atoms with van der Waals surface area (Å²) < 4.78 is 0. The monoisotopic (exact) mass is 297 g/mol. The predicted octanol–water partition coefficient (Wildman–Crippen LogP) is 2.63. The van der Waals surface area contributed by atoms with Crippen molar-refractivity contribution in [1.82, 2.24) is 14.8 Å². The molecular formula is C19H27N3. The smallest absolute Gasteiger partial charge is 0.0271 e. The molecule has 6 rings (SSSR count). The summed E-state index contributed by atoms with van der Waals surface area (Å²) in [6, 6.07) is 5.26. The van der Waals surface area contributed by atoms with Crippen LogP contribution in [0.25, 0.3) is 0 Å². The summed E-state index contributed by atoms with van der Waals surface area (Å²) in [6.45, 7) is 6.16. The van der Waals surface area contributed by atoms with Gasteiger partial charge >= 0.3 is 0 Å². The minimum absolute atomic E-state index is 0.951. The Morgan fingerprint density at radius 2 is 1.68 bits per heavy atom. The molecule has 5 aliphatic rings. The molecule has 3 heteroatoms. The van der Waals surface area contributed by atoms with E-state index in [1.54, 1.807) is 25.7 Å². The maximum atomic E-state index is 4.12. The zero-order chi connectivity index (χ0) is 14.5. The first kappa shape index (κ1) is 13.5. The molecule has 0 radical (unpaired) electrons. The van der Waals surface area contributed by atoms with Crippen LogP contribution in [0.1, 0.15) is 31.2 Å². The normalized spacial score (nSPS) is 41.4. The summed E-state index contributed by atoms with van der Waals surface area (Å²) in [4.78, 5) is 9.62. The van der Waals surface area contributed by atoms with Gasteiger partial charge in [0.2, 0.25) is 0 Å². The van der Waals surface area contributed by atoms with Crippen molar-refractivity contribution in [1.29, 1.82) is 0 Å². The van der Waals surface area contributed by atoms with Gasteiger partial charge in [-0.1, -0.05) is 0 Å². The van der Waals surface area contributed by atoms with Crippen molar-refractivity contribution in [3.63, 3.8) is 0 Å². The molecule has 22 heavy (non-hydrogen) atoms. The third-order valence-electron chi connectivity index (χ3n) is 6.99. The van der Waals surface area contributed by atoms with Crippen LogP contribution < -0.4 is 0 Å². The highest BCUT2D eigenvalue weighted by atomic mass is 15.3. The van der Waals surface area contributed by atoms with E-state index >= 15 is 0 Å². The van der Waals surface area contributed by atoms with Gasteiger partial charge in [0.1, 0.15) is 0 Å². The van der Waals surface area contributed by atoms with Crippen molar-refractivity contribution in [2.75, 3.05) is 26.2 Å². The highest BCUT2D eigenvalue weighted by Crippen LogP contribution is 2.59. The number of pyridine rings is 1. The molecule has 1 saturated heterocycles. The Morgan fingerprint density at radius 1 is 0.909 bits per heavy atom. The van der Waals surface area contributed by atoms with Crippen LogP contribution in [0.5, 0.6) is 0 Å². The minimum atomic E-state index is 0.951. The Morgan fingerprint density at radius 3 is 2.45 bits per heavy atom. The van der Waals surface area contributed by atoms with Gasteiger partial charge in [-0.3, -0.25) is 14.8 Å². The van der Waals surface area contributed by atoms with E-state index in [-0.39, 0.29) is 0 Å². The van der Waals surface area contributed by atoms with E-state index in [4.69, 9.17) is 0 Å². The molecule has 1 aliphatic heterocycles. The molecule has 2 heterocycles. The molecule has 4 bridgehead atoms. The van der Waals surface area contributed by atoms with Crippen molar-refractivity contribution >= 4 is 0 Å². The van der Waals surface area contributed by atoms with E-state index in [1.165, 1.54) is 31.7 Å². The topological polar surface area (TPSA) is 19.4 Å². The van der Waals surface area contributed by atoms with Gasteiger partial charge in [0.05, 0.1) is 0 Å². The third kappa shape index (κ3) is 2.21. The maximum Gasteiger partial charge on any atom is 0.0271 e. The average molecular weight is 297 g/mol. The van der Waals surface area contributed by atoms with Gasteiger partial charge in [-0.05, 0) is 67.1 Å². The zero-order valence-electron chi connectivity index (χ0n) is 13.4. The molecule has 5 unspecified atom stereocenters. The molecule has 5 atom stereocenters. The lowest BCUT2D eigenvalue weighted by Crippen LogP contribution is -2.53. The molecule has 1 aromatic heterocycles. The molecule has 3 nitrogen and oxygen atoms in total. The van der Waals surface area contributed by atoms with Crippen LogP contribution in [0.15, 0.2) is 24.5 Å². The van der Waals surface area contributed by atoms with E-state index in [1.807, 2.05) is 12.4 Å². The largest absolute Gasteiger partial charge is 0.297 e. The zero-order valence-corrected chi connectivity index (χ0v) is 13.4. The molecule has 0 spiro atoms. The van der Waals surface area contributed by atoms with Crippen molar-refractivity contribution < 1.29 is 0 Å². The molecular weight excluding hydrogens is 270 g/mol. The number of piperazine rings is 1. The number of rotatable bonds is 3. The second kappa shape index (κ2) is 5.31. The second-order valence-electron chi connectivity index (χ2n) is 8.15. The lowest BCUT2D eigenvalue weighted by Gasteiger charge is -2.44. The van der Waals surface area contributed by atoms with Crippen LogP contribution in [-0.2, 0) is 6.54 Å². The van der Waals surface area contributed by atoms with Gasteiger partial charge in [-0.25, -0.2) is 0 Å². The molecule has 5 fully saturated rings. The third-order valence-corrected chi connectivity index (χ3v) is 6.99. The second-order valence-corrected chi connectivity index (χ2v) is 8.15. The van der Waals surface area contributed by atoms with Crippen LogP contribution in [-0.4, -0.2) is 47.0 Å². The number of aromatic nitrogens is 1. The molecule has 4 aliphatic carbocycles. The van der Waals surface area contributed by atoms with Gasteiger partial charge in [-0.15, -0.1) is 0 Å². The van der Waals surface area contributed by atoms with Gasteiger partial charge in [0.15, 0.2) is 0 Å². The Hall–Kier alpha value is -0.930. The molecule has 1 aromatic rings. The number of hydrogen-bond donors (Lipinski definition) is 0. The van der Waals surface area contributed by atoms with Crippen LogP contribution in [0.4, 0.5) is 0 Å². The van der Waals surface area contributed by atoms with Crippen LogP contribution in [0.2, 0.25) is 0 Å². The first-order chi connectivity index (χ1) is 10.9. The number of hydrogen-bond acceptors (Lipinski definition) is 3. The Labute approximate surface area is 133 Å². The maximum absolute atomic E-state index is 4.12. The first-order valence-electron chi connectivity index (χ1n) is 9.22. The molecule has 118 valence electrons. The first-order valence-corrected chi connectivity index (χ1v) is 9.22. The van der Waals surface area contributed by atoms with Crippen molar-refractivity contribution in [3.8, 4) is 0 Å². The lowest BCUT2D eigenvalue weighted by atomic mass is 9.78.